The Morgan fingerprint density at radius 3 is 2.69 bits per heavy atom. The predicted octanol–water partition coefficient (Wildman–Crippen LogP) is 1.27. The zero-order valence-electron chi connectivity index (χ0n) is 8.00. The van der Waals surface area contributed by atoms with Crippen LogP contribution in [0, 0.1) is 6.92 Å². The van der Waals surface area contributed by atoms with Gasteiger partial charge in [-0.2, -0.15) is 0 Å². The Labute approximate surface area is 76.4 Å². The summed E-state index contributed by atoms with van der Waals surface area (Å²) in [5.41, 5.74) is 6.90. The van der Waals surface area contributed by atoms with Crippen LogP contribution >= 0.6 is 0 Å². The smallest absolute Gasteiger partial charge is 0.183 e. The monoisotopic (exact) mass is 179 g/mol. The number of nitrogens with two attached hydrogens (primary N) is 1. The molecule has 0 bridgehead atoms. The molecule has 70 valence electrons. The highest BCUT2D eigenvalue weighted by atomic mass is 15.0. The van der Waals surface area contributed by atoms with Crippen molar-refractivity contribution in [3.8, 4) is 0 Å². The Balaban J connectivity index is 0.000000396. The van der Waals surface area contributed by atoms with E-state index in [0.29, 0.717) is 22.8 Å². The molecule has 2 aromatic rings. The molecule has 0 saturated heterocycles. The molecule has 0 fully saturated rings. The average Bonchev–Trinajstić information content (AvgIpc) is 2.55. The van der Waals surface area contributed by atoms with Crippen molar-refractivity contribution in [2.75, 3.05) is 5.73 Å². The van der Waals surface area contributed by atoms with Gasteiger partial charge in [0.05, 0.1) is 6.33 Å². The maximum Gasteiger partial charge on any atom is 0.183 e. The number of hydrogen-bond donors (Lipinski definition) is 2. The summed E-state index contributed by atoms with van der Waals surface area (Å²) in [6.45, 7) is 5.78. The van der Waals surface area contributed by atoms with Gasteiger partial charge in [-0.3, -0.25) is 0 Å². The van der Waals surface area contributed by atoms with Gasteiger partial charge in [-0.05, 0) is 6.92 Å². The topological polar surface area (TPSA) is 80.5 Å². The molecule has 0 aliphatic heterocycles. The van der Waals surface area contributed by atoms with E-state index >= 15 is 0 Å². The number of nitrogen functional groups attached to an aromatic ring is 1. The molecule has 2 rings (SSSR count). The molecule has 2 aromatic heterocycles. The van der Waals surface area contributed by atoms with Gasteiger partial charge >= 0.3 is 0 Å². The lowest BCUT2D eigenvalue weighted by atomic mass is 10.5. The van der Waals surface area contributed by atoms with Crippen LogP contribution in [-0.4, -0.2) is 19.9 Å². The number of nitrogens with zero attached hydrogens (tertiary/aromatic N) is 3. The summed E-state index contributed by atoms with van der Waals surface area (Å²) in [6, 6.07) is 0. The molecule has 5 nitrogen and oxygen atoms in total. The highest BCUT2D eigenvalue weighted by Crippen LogP contribution is 2.11. The predicted molar refractivity (Wildman–Crippen MR) is 52.2 cm³/mol. The minimum atomic E-state index is 0.449. The second-order valence-corrected chi connectivity index (χ2v) is 2.26. The first-order valence-corrected chi connectivity index (χ1v) is 4.20. The minimum Gasteiger partial charge on any atom is -0.382 e. The van der Waals surface area contributed by atoms with Crippen LogP contribution in [0.2, 0.25) is 0 Å². The number of H-pyrrole nitrogens is 1. The fourth-order valence-corrected chi connectivity index (χ4v) is 0.969. The third kappa shape index (κ3) is 1.74. The highest BCUT2D eigenvalue weighted by Gasteiger charge is 2.02. The lowest BCUT2D eigenvalue weighted by Crippen LogP contribution is -1.96. The fraction of sp³-hybridized carbons (Fsp3) is 0.375. The Bertz CT molecular complexity index is 392. The second kappa shape index (κ2) is 3.84. The van der Waals surface area contributed by atoms with Crippen LogP contribution in [0.5, 0.6) is 0 Å². The van der Waals surface area contributed by atoms with Gasteiger partial charge in [0.15, 0.2) is 11.5 Å². The van der Waals surface area contributed by atoms with E-state index in [-0.39, 0.29) is 0 Å². The molecular weight excluding hydrogens is 166 g/mol. The zero-order chi connectivity index (χ0) is 9.84. The van der Waals surface area contributed by atoms with Crippen molar-refractivity contribution in [2.24, 2.45) is 0 Å². The van der Waals surface area contributed by atoms with E-state index in [2.05, 4.69) is 19.9 Å². The van der Waals surface area contributed by atoms with Gasteiger partial charge in [-0.1, -0.05) is 13.8 Å². The molecule has 0 radical (unpaired) electrons. The molecule has 0 atom stereocenters. The maximum absolute atomic E-state index is 5.58. The highest BCUT2D eigenvalue weighted by molar-refractivity contribution is 5.80. The molecule has 13 heavy (non-hydrogen) atoms. The summed E-state index contributed by atoms with van der Waals surface area (Å²) < 4.78 is 0. The molecule has 0 saturated carbocycles. The van der Waals surface area contributed by atoms with Crippen molar-refractivity contribution in [3.63, 3.8) is 0 Å². The molecular formula is C8H13N5. The van der Waals surface area contributed by atoms with E-state index in [1.54, 1.807) is 13.3 Å². The van der Waals surface area contributed by atoms with Crippen LogP contribution in [0.25, 0.3) is 11.2 Å². The number of fused-ring (bicyclic) bond motifs is 1. The summed E-state index contributed by atoms with van der Waals surface area (Å²) in [6.07, 6.45) is 1.55. The molecule has 3 N–H and O–H groups in total. The number of anilines is 1. The van der Waals surface area contributed by atoms with Crippen LogP contribution in [0.1, 0.15) is 19.7 Å². The molecule has 2 heterocycles. The van der Waals surface area contributed by atoms with Crippen LogP contribution in [0.3, 0.4) is 0 Å². The standard InChI is InChI=1S/C6H7N5.C2H6/c1-3-10-5(7)4-6(11-3)9-2-8-4;1-2/h2H,1H3,(H3,7,8,9,10,11);1-2H3. The summed E-state index contributed by atoms with van der Waals surface area (Å²) in [5.74, 6) is 1.09. The summed E-state index contributed by atoms with van der Waals surface area (Å²) >= 11 is 0. The average molecular weight is 179 g/mol. The quantitative estimate of drug-likeness (QED) is 0.638. The molecule has 0 aliphatic rings. The Morgan fingerprint density at radius 2 is 2.00 bits per heavy atom. The van der Waals surface area contributed by atoms with Gasteiger partial charge in [-0.25, -0.2) is 15.0 Å². The van der Waals surface area contributed by atoms with Gasteiger partial charge in [0.1, 0.15) is 11.3 Å². The first-order valence-electron chi connectivity index (χ1n) is 4.20. The Kier molecular flexibility index (Phi) is 2.79. The maximum atomic E-state index is 5.58. The Morgan fingerprint density at radius 1 is 1.31 bits per heavy atom. The van der Waals surface area contributed by atoms with Crippen LogP contribution in [-0.2, 0) is 0 Å². The first-order chi connectivity index (χ1) is 6.27. The summed E-state index contributed by atoms with van der Waals surface area (Å²) in [5, 5.41) is 0. The van der Waals surface area contributed by atoms with Gasteiger partial charge in [-0.15, -0.1) is 0 Å². The van der Waals surface area contributed by atoms with Crippen LogP contribution in [0.4, 0.5) is 5.82 Å². The molecule has 0 unspecified atom stereocenters. The summed E-state index contributed by atoms with van der Waals surface area (Å²) in [4.78, 5) is 14.8. The molecule has 5 heteroatoms. The number of imidazole rings is 1. The van der Waals surface area contributed by atoms with Crippen molar-refractivity contribution in [3.05, 3.63) is 12.2 Å². The number of nitrogens with one attached hydrogen (secondary N) is 1. The number of aromatic amines is 1. The Hall–Kier alpha value is -1.65. The van der Waals surface area contributed by atoms with E-state index in [9.17, 15) is 0 Å². The molecule has 0 amide bonds. The van der Waals surface area contributed by atoms with Crippen molar-refractivity contribution < 1.29 is 0 Å². The number of rotatable bonds is 0. The lowest BCUT2D eigenvalue weighted by Gasteiger charge is -1.94. The molecule has 0 spiro atoms. The lowest BCUT2D eigenvalue weighted by molar-refractivity contribution is 1.09. The van der Waals surface area contributed by atoms with E-state index in [1.165, 1.54) is 0 Å². The fourth-order valence-electron chi connectivity index (χ4n) is 0.969. The summed E-state index contributed by atoms with van der Waals surface area (Å²) in [7, 11) is 0. The van der Waals surface area contributed by atoms with Gasteiger partial charge in [0.2, 0.25) is 0 Å². The van der Waals surface area contributed by atoms with Crippen molar-refractivity contribution in [1.82, 2.24) is 19.9 Å². The first kappa shape index (κ1) is 9.44. The van der Waals surface area contributed by atoms with Crippen LogP contribution in [0.15, 0.2) is 6.33 Å². The normalized spacial score (nSPS) is 9.46. The third-order valence-electron chi connectivity index (χ3n) is 1.43. The minimum absolute atomic E-state index is 0.449. The second-order valence-electron chi connectivity index (χ2n) is 2.26. The largest absolute Gasteiger partial charge is 0.382 e. The van der Waals surface area contributed by atoms with Crippen LogP contribution < -0.4 is 5.73 Å². The van der Waals surface area contributed by atoms with Crippen molar-refractivity contribution in [1.29, 1.82) is 0 Å². The molecule has 0 aliphatic carbocycles. The van der Waals surface area contributed by atoms with Gasteiger partial charge in [0.25, 0.3) is 0 Å². The number of aryl methyl sites for hydroxylation is 1. The van der Waals surface area contributed by atoms with E-state index in [1.807, 2.05) is 13.8 Å². The van der Waals surface area contributed by atoms with Crippen molar-refractivity contribution >= 4 is 17.0 Å². The van der Waals surface area contributed by atoms with E-state index in [0.717, 1.165) is 0 Å². The zero-order valence-corrected chi connectivity index (χ0v) is 8.00. The van der Waals surface area contributed by atoms with Crippen molar-refractivity contribution in [2.45, 2.75) is 20.8 Å². The van der Waals surface area contributed by atoms with Gasteiger partial charge in [0, 0.05) is 0 Å². The third-order valence-corrected chi connectivity index (χ3v) is 1.43. The van der Waals surface area contributed by atoms with E-state index in [4.69, 9.17) is 5.73 Å². The number of aromatic nitrogens is 4. The van der Waals surface area contributed by atoms with E-state index < -0.39 is 0 Å². The molecule has 0 aromatic carbocycles. The SMILES string of the molecule is CC.Cc1nc(N)c2[nH]cnc2n1. The number of hydrogen-bond acceptors (Lipinski definition) is 4. The van der Waals surface area contributed by atoms with Gasteiger partial charge < -0.3 is 10.7 Å².